The Morgan fingerprint density at radius 1 is 1.26 bits per heavy atom. The summed E-state index contributed by atoms with van der Waals surface area (Å²) in [4.78, 5) is 26.1. The molecule has 0 bridgehead atoms. The Kier molecular flexibility index (Phi) is 6.62. The minimum Gasteiger partial charge on any atom is -0.424 e. The first kappa shape index (κ1) is 22.3. The van der Waals surface area contributed by atoms with Crippen molar-refractivity contribution in [3.05, 3.63) is 69.3 Å². The number of aryl methyl sites for hydroxylation is 1. The zero-order valence-electron chi connectivity index (χ0n) is 17.8. The number of aromatic nitrogens is 3. The van der Waals surface area contributed by atoms with Gasteiger partial charge >= 0.3 is 0 Å². The molecule has 0 aliphatic rings. The van der Waals surface area contributed by atoms with Crippen LogP contribution in [0.3, 0.4) is 0 Å². The summed E-state index contributed by atoms with van der Waals surface area (Å²) in [5, 5.41) is 10.1. The highest BCUT2D eigenvalue weighted by Gasteiger charge is 2.22. The fourth-order valence-corrected chi connectivity index (χ4v) is 3.37. The molecule has 31 heavy (non-hydrogen) atoms. The number of nitrogens with zero attached hydrogens (tertiary/aromatic N) is 3. The smallest absolute Gasteiger partial charge is 0.263 e. The Balaban J connectivity index is 2.09. The lowest BCUT2D eigenvalue weighted by atomic mass is 9.98. The van der Waals surface area contributed by atoms with Gasteiger partial charge < -0.3 is 14.3 Å². The van der Waals surface area contributed by atoms with Gasteiger partial charge in [-0.1, -0.05) is 25.1 Å². The molecule has 0 radical (unpaired) electrons. The van der Waals surface area contributed by atoms with E-state index in [1.165, 1.54) is 24.4 Å². The van der Waals surface area contributed by atoms with Crippen LogP contribution < -0.4 is 10.7 Å². The van der Waals surface area contributed by atoms with Gasteiger partial charge in [-0.25, -0.2) is 8.78 Å². The molecule has 2 aromatic heterocycles. The van der Waals surface area contributed by atoms with Crippen molar-refractivity contribution in [3.8, 4) is 11.1 Å². The van der Waals surface area contributed by atoms with Gasteiger partial charge in [-0.3, -0.25) is 9.59 Å². The van der Waals surface area contributed by atoms with E-state index in [0.29, 0.717) is 17.1 Å². The lowest BCUT2D eigenvalue weighted by molar-refractivity contribution is 0.0945. The van der Waals surface area contributed by atoms with E-state index in [-0.39, 0.29) is 35.2 Å². The largest absolute Gasteiger partial charge is 0.424 e. The van der Waals surface area contributed by atoms with Crippen molar-refractivity contribution in [2.75, 3.05) is 0 Å². The first-order chi connectivity index (χ1) is 14.7. The molecule has 1 amide bonds. The second-order valence-electron chi connectivity index (χ2n) is 7.32. The summed E-state index contributed by atoms with van der Waals surface area (Å²) in [7, 11) is 0. The van der Waals surface area contributed by atoms with E-state index in [0.717, 1.165) is 6.42 Å². The van der Waals surface area contributed by atoms with Crippen LogP contribution in [0.2, 0.25) is 0 Å². The Morgan fingerprint density at radius 2 is 2.00 bits per heavy atom. The van der Waals surface area contributed by atoms with Gasteiger partial charge in [0.05, 0.1) is 6.54 Å². The molecule has 0 saturated carbocycles. The van der Waals surface area contributed by atoms with Gasteiger partial charge in [-0.2, -0.15) is 0 Å². The summed E-state index contributed by atoms with van der Waals surface area (Å²) >= 11 is 0. The number of alkyl halides is 2. The SMILES string of the molecule is CC[C@H](C)n1cc(C(=O)NCc2nnc(C)o2)c(=O)c(-c2cccc(C(F)F)c2)c1C. The molecule has 164 valence electrons. The molecular formula is C22H24F2N4O3. The zero-order valence-corrected chi connectivity index (χ0v) is 17.8. The standard InChI is InChI=1S/C22H24F2N4O3/c1-5-12(2)28-11-17(22(30)25-10-18-27-26-14(4)31-18)20(29)19(13(28)3)15-7-6-8-16(9-15)21(23)24/h6-9,11-12,21H,5,10H2,1-4H3,(H,25,30)/t12-/m0/s1. The van der Waals surface area contributed by atoms with Gasteiger partial charge in [-0.15, -0.1) is 10.2 Å². The maximum Gasteiger partial charge on any atom is 0.263 e. The van der Waals surface area contributed by atoms with Crippen LogP contribution in [0.25, 0.3) is 11.1 Å². The average molecular weight is 430 g/mol. The lowest BCUT2D eigenvalue weighted by Gasteiger charge is -2.22. The molecule has 3 aromatic rings. The summed E-state index contributed by atoms with van der Waals surface area (Å²) in [6.07, 6.45) is -0.398. The van der Waals surface area contributed by atoms with Crippen LogP contribution in [0.5, 0.6) is 0 Å². The number of nitrogens with one attached hydrogen (secondary N) is 1. The number of amides is 1. The highest BCUT2D eigenvalue weighted by Crippen LogP contribution is 2.28. The minimum absolute atomic E-state index is 0.0113. The molecule has 1 N–H and O–H groups in total. The zero-order chi connectivity index (χ0) is 22.7. The lowest BCUT2D eigenvalue weighted by Crippen LogP contribution is -2.31. The van der Waals surface area contributed by atoms with E-state index < -0.39 is 17.8 Å². The number of rotatable bonds is 7. The second-order valence-corrected chi connectivity index (χ2v) is 7.32. The molecule has 0 saturated heterocycles. The average Bonchev–Trinajstić information content (AvgIpc) is 3.17. The van der Waals surface area contributed by atoms with Crippen molar-refractivity contribution in [1.29, 1.82) is 0 Å². The van der Waals surface area contributed by atoms with E-state index >= 15 is 0 Å². The third kappa shape index (κ3) is 4.70. The monoisotopic (exact) mass is 430 g/mol. The van der Waals surface area contributed by atoms with Crippen molar-refractivity contribution in [1.82, 2.24) is 20.1 Å². The molecule has 1 atom stereocenters. The maximum absolute atomic E-state index is 13.3. The maximum atomic E-state index is 13.3. The van der Waals surface area contributed by atoms with Crippen LogP contribution >= 0.6 is 0 Å². The Bertz CT molecular complexity index is 1150. The molecule has 0 aliphatic carbocycles. The van der Waals surface area contributed by atoms with E-state index in [9.17, 15) is 18.4 Å². The Morgan fingerprint density at radius 3 is 2.61 bits per heavy atom. The predicted molar refractivity (Wildman–Crippen MR) is 111 cm³/mol. The fraction of sp³-hybridized carbons (Fsp3) is 0.364. The van der Waals surface area contributed by atoms with Crippen LogP contribution in [-0.4, -0.2) is 20.7 Å². The van der Waals surface area contributed by atoms with E-state index in [2.05, 4.69) is 15.5 Å². The van der Waals surface area contributed by atoms with E-state index in [1.807, 2.05) is 18.4 Å². The number of halogens is 2. The van der Waals surface area contributed by atoms with Gasteiger partial charge in [0, 0.05) is 36.0 Å². The van der Waals surface area contributed by atoms with Crippen molar-refractivity contribution in [2.24, 2.45) is 0 Å². The van der Waals surface area contributed by atoms with Crippen LogP contribution in [0.15, 0.2) is 39.7 Å². The molecule has 2 heterocycles. The van der Waals surface area contributed by atoms with Crippen LogP contribution in [0.4, 0.5) is 8.78 Å². The molecule has 1 aromatic carbocycles. The highest BCUT2D eigenvalue weighted by molar-refractivity contribution is 5.95. The van der Waals surface area contributed by atoms with Gasteiger partial charge in [0.1, 0.15) is 5.56 Å². The van der Waals surface area contributed by atoms with Gasteiger partial charge in [-0.05, 0) is 31.9 Å². The van der Waals surface area contributed by atoms with Crippen LogP contribution in [0.1, 0.15) is 66.1 Å². The number of pyridine rings is 1. The third-order valence-electron chi connectivity index (χ3n) is 5.19. The summed E-state index contributed by atoms with van der Waals surface area (Å²) < 4.78 is 33.5. The summed E-state index contributed by atoms with van der Waals surface area (Å²) in [5.41, 5.74) is 0.383. The molecule has 9 heteroatoms. The third-order valence-corrected chi connectivity index (χ3v) is 5.19. The molecular weight excluding hydrogens is 406 g/mol. The molecule has 0 spiro atoms. The second kappa shape index (κ2) is 9.20. The van der Waals surface area contributed by atoms with Crippen molar-refractivity contribution in [2.45, 2.75) is 53.1 Å². The van der Waals surface area contributed by atoms with E-state index in [4.69, 9.17) is 4.42 Å². The van der Waals surface area contributed by atoms with Gasteiger partial charge in [0.15, 0.2) is 0 Å². The van der Waals surface area contributed by atoms with Gasteiger partial charge in [0.2, 0.25) is 17.2 Å². The predicted octanol–water partition coefficient (Wildman–Crippen LogP) is 4.35. The summed E-state index contributed by atoms with van der Waals surface area (Å²) in [5.74, 6) is -0.0332. The fourth-order valence-electron chi connectivity index (χ4n) is 3.37. The number of hydrogen-bond acceptors (Lipinski definition) is 5. The quantitative estimate of drug-likeness (QED) is 0.602. The van der Waals surface area contributed by atoms with Crippen molar-refractivity contribution < 1.29 is 18.0 Å². The van der Waals surface area contributed by atoms with Crippen molar-refractivity contribution in [3.63, 3.8) is 0 Å². The summed E-state index contributed by atoms with van der Waals surface area (Å²) in [6, 6.07) is 5.66. The topological polar surface area (TPSA) is 90.0 Å². The highest BCUT2D eigenvalue weighted by atomic mass is 19.3. The first-order valence-corrected chi connectivity index (χ1v) is 9.94. The molecule has 0 unspecified atom stereocenters. The van der Waals surface area contributed by atoms with Crippen molar-refractivity contribution >= 4 is 5.91 Å². The number of carbonyl (C=O) groups is 1. The molecule has 0 fully saturated rings. The van der Waals surface area contributed by atoms with Gasteiger partial charge in [0.25, 0.3) is 12.3 Å². The summed E-state index contributed by atoms with van der Waals surface area (Å²) in [6.45, 7) is 7.28. The Labute approximate surface area is 178 Å². The number of hydrogen-bond donors (Lipinski definition) is 1. The first-order valence-electron chi connectivity index (χ1n) is 9.94. The molecule has 3 rings (SSSR count). The van der Waals surface area contributed by atoms with Crippen LogP contribution in [-0.2, 0) is 6.54 Å². The number of benzene rings is 1. The number of carbonyl (C=O) groups excluding carboxylic acids is 1. The normalized spacial score (nSPS) is 12.2. The Hall–Kier alpha value is -3.36. The van der Waals surface area contributed by atoms with E-state index in [1.54, 1.807) is 19.9 Å². The minimum atomic E-state index is -2.67. The molecule has 0 aliphatic heterocycles. The van der Waals surface area contributed by atoms with Crippen LogP contribution in [0, 0.1) is 13.8 Å². The molecule has 7 nitrogen and oxygen atoms in total.